The van der Waals surface area contributed by atoms with Crippen LogP contribution in [0.2, 0.25) is 0 Å². The molecule has 2 fully saturated rings. The third-order valence-electron chi connectivity index (χ3n) is 6.36. The smallest absolute Gasteiger partial charge is 0.410 e. The number of methoxy groups -OCH3 is 2. The van der Waals surface area contributed by atoms with E-state index < -0.39 is 5.60 Å². The minimum atomic E-state index is -0.517. The number of carbonyl (C=O) groups is 1. The van der Waals surface area contributed by atoms with E-state index in [1.807, 2.05) is 27.7 Å². The van der Waals surface area contributed by atoms with Gasteiger partial charge in [0, 0.05) is 45.7 Å². The van der Waals surface area contributed by atoms with Gasteiger partial charge in [0.15, 0.2) is 0 Å². The van der Waals surface area contributed by atoms with Gasteiger partial charge in [-0.15, -0.1) is 0 Å². The molecule has 0 bridgehead atoms. The molecule has 4 heterocycles. The first-order chi connectivity index (χ1) is 20.6. The van der Waals surface area contributed by atoms with E-state index in [0.717, 1.165) is 13.0 Å². The molecule has 240 valence electrons. The van der Waals surface area contributed by atoms with Crippen LogP contribution in [0.5, 0.6) is 23.5 Å². The van der Waals surface area contributed by atoms with Gasteiger partial charge in [-0.25, -0.2) is 24.7 Å². The minimum Gasteiger partial charge on any atom is -0.475 e. The van der Waals surface area contributed by atoms with E-state index in [1.165, 1.54) is 12.7 Å². The van der Waals surface area contributed by atoms with Crippen LogP contribution in [-0.2, 0) is 14.2 Å². The maximum atomic E-state index is 12.3. The molecule has 2 aliphatic rings. The van der Waals surface area contributed by atoms with Gasteiger partial charge >= 0.3 is 6.09 Å². The van der Waals surface area contributed by atoms with E-state index in [1.54, 1.807) is 31.3 Å². The van der Waals surface area contributed by atoms with Crippen LogP contribution in [0, 0.1) is 0 Å². The van der Waals surface area contributed by atoms with Crippen LogP contribution in [0.4, 0.5) is 4.79 Å². The number of carbonyl (C=O) groups excluding carboxylic acids is 1. The summed E-state index contributed by atoms with van der Waals surface area (Å²) in [4.78, 5) is 30.2. The molecule has 2 aromatic rings. The molecule has 14 heteroatoms. The molecule has 4 atom stereocenters. The second kappa shape index (κ2) is 17.0. The fraction of sp³-hybridized carbons (Fsp3) is 0.690. The molecule has 0 aromatic carbocycles. The van der Waals surface area contributed by atoms with E-state index in [-0.39, 0.29) is 24.3 Å². The summed E-state index contributed by atoms with van der Waals surface area (Å²) in [6.45, 7) is 12.9. The highest BCUT2D eigenvalue weighted by Crippen LogP contribution is 2.25. The number of rotatable bonds is 12. The van der Waals surface area contributed by atoms with Gasteiger partial charge < -0.3 is 43.4 Å². The van der Waals surface area contributed by atoms with Gasteiger partial charge in [-0.3, -0.25) is 0 Å². The quantitative estimate of drug-likeness (QED) is 0.353. The standard InChI is InChI=1S/C17H27N3O5.C12H19N3O3/c1-12-8-13(10-20(12)16(21)25-17(2,3)4)24-15-9-14(18-11-19-15)23-7-6-22-5;1-9-5-10(7-13-9)18-12-6-11(14-8-15-12)17-4-3-16-2/h9,11-13H,6-8,10H2,1-5H3;6,8-10,13H,3-5,7H2,1-2H3/t12-,13+;9-,10+/m00/s1. The number of nitrogens with zero attached hydrogens (tertiary/aromatic N) is 5. The lowest BCUT2D eigenvalue weighted by atomic mass is 10.2. The summed E-state index contributed by atoms with van der Waals surface area (Å²) >= 11 is 0. The minimum absolute atomic E-state index is 0.0408. The molecule has 4 rings (SSSR count). The van der Waals surface area contributed by atoms with Crippen molar-refractivity contribution in [2.45, 2.75) is 77.4 Å². The molecule has 1 N–H and O–H groups in total. The van der Waals surface area contributed by atoms with Crippen LogP contribution in [0.15, 0.2) is 24.8 Å². The van der Waals surface area contributed by atoms with E-state index in [2.05, 4.69) is 32.2 Å². The van der Waals surface area contributed by atoms with Crippen molar-refractivity contribution in [2.75, 3.05) is 53.7 Å². The highest BCUT2D eigenvalue weighted by molar-refractivity contribution is 5.69. The zero-order chi connectivity index (χ0) is 31.2. The maximum absolute atomic E-state index is 12.3. The summed E-state index contributed by atoms with van der Waals surface area (Å²) in [6, 6.07) is 3.88. The Hall–Kier alpha value is -3.49. The molecule has 0 saturated carbocycles. The Labute approximate surface area is 253 Å². The Kier molecular flexibility index (Phi) is 13.4. The second-order valence-corrected chi connectivity index (χ2v) is 11.3. The fourth-order valence-electron chi connectivity index (χ4n) is 4.36. The van der Waals surface area contributed by atoms with Gasteiger partial charge in [0.2, 0.25) is 23.5 Å². The Balaban J connectivity index is 0.000000248. The summed E-state index contributed by atoms with van der Waals surface area (Å²) in [6.07, 6.45) is 4.24. The lowest BCUT2D eigenvalue weighted by molar-refractivity contribution is 0.0223. The maximum Gasteiger partial charge on any atom is 0.410 e. The lowest BCUT2D eigenvalue weighted by Crippen LogP contribution is -2.39. The largest absolute Gasteiger partial charge is 0.475 e. The molecule has 2 aromatic heterocycles. The van der Waals surface area contributed by atoms with Crippen LogP contribution >= 0.6 is 0 Å². The SMILES string of the molecule is COCCOc1cc(O[C@@H]2C[C@H](C)N(C(=O)OC(C)(C)C)C2)ncn1.COCCOc1cc(O[C@H]2CN[C@@H](C)C2)ncn1. The van der Waals surface area contributed by atoms with Crippen molar-refractivity contribution < 1.29 is 38.0 Å². The highest BCUT2D eigenvalue weighted by Gasteiger charge is 2.36. The van der Waals surface area contributed by atoms with E-state index >= 15 is 0 Å². The zero-order valence-electron chi connectivity index (χ0n) is 26.3. The average molecular weight is 607 g/mol. The van der Waals surface area contributed by atoms with Gasteiger partial charge in [0.1, 0.15) is 43.7 Å². The van der Waals surface area contributed by atoms with Crippen molar-refractivity contribution in [2.24, 2.45) is 0 Å². The molecule has 0 radical (unpaired) electrons. The summed E-state index contributed by atoms with van der Waals surface area (Å²) in [5.74, 6) is 1.91. The topological polar surface area (TPSA) is 149 Å². The first kappa shape index (κ1) is 34.0. The Bertz CT molecular complexity index is 1120. The number of ether oxygens (including phenoxy) is 7. The average Bonchev–Trinajstić information content (AvgIpc) is 3.53. The van der Waals surface area contributed by atoms with Crippen molar-refractivity contribution in [1.82, 2.24) is 30.2 Å². The Morgan fingerprint density at radius 2 is 1.37 bits per heavy atom. The summed E-state index contributed by atoms with van der Waals surface area (Å²) in [5.41, 5.74) is -0.517. The molecule has 0 spiro atoms. The highest BCUT2D eigenvalue weighted by atomic mass is 16.6. The Morgan fingerprint density at radius 3 is 1.86 bits per heavy atom. The summed E-state index contributed by atoms with van der Waals surface area (Å²) in [5, 5.41) is 3.33. The lowest BCUT2D eigenvalue weighted by Gasteiger charge is -2.26. The van der Waals surface area contributed by atoms with E-state index in [0.29, 0.717) is 69.0 Å². The van der Waals surface area contributed by atoms with E-state index in [4.69, 9.17) is 33.2 Å². The van der Waals surface area contributed by atoms with Crippen molar-refractivity contribution in [1.29, 1.82) is 0 Å². The third-order valence-corrected chi connectivity index (χ3v) is 6.36. The number of aromatic nitrogens is 4. The molecular weight excluding hydrogens is 560 g/mol. The van der Waals surface area contributed by atoms with Crippen molar-refractivity contribution in [3.8, 4) is 23.5 Å². The predicted octanol–water partition coefficient (Wildman–Crippen LogP) is 2.91. The van der Waals surface area contributed by atoms with Gasteiger partial charge in [-0.05, 0) is 34.6 Å². The van der Waals surface area contributed by atoms with Crippen LogP contribution in [-0.4, -0.2) is 115 Å². The molecular formula is C29H46N6O8. The zero-order valence-corrected chi connectivity index (χ0v) is 26.3. The predicted molar refractivity (Wildman–Crippen MR) is 157 cm³/mol. The molecule has 0 unspecified atom stereocenters. The van der Waals surface area contributed by atoms with Crippen molar-refractivity contribution in [3.05, 3.63) is 24.8 Å². The van der Waals surface area contributed by atoms with Crippen molar-refractivity contribution >= 4 is 6.09 Å². The van der Waals surface area contributed by atoms with Gasteiger partial charge in [-0.1, -0.05) is 0 Å². The number of hydrogen-bond donors (Lipinski definition) is 1. The van der Waals surface area contributed by atoms with Crippen LogP contribution in [0.25, 0.3) is 0 Å². The number of nitrogens with one attached hydrogen (secondary N) is 1. The molecule has 14 nitrogen and oxygen atoms in total. The molecule has 2 aliphatic heterocycles. The second-order valence-electron chi connectivity index (χ2n) is 11.3. The summed E-state index contributed by atoms with van der Waals surface area (Å²) in [7, 11) is 3.24. The van der Waals surface area contributed by atoms with Gasteiger partial charge in [0.25, 0.3) is 0 Å². The van der Waals surface area contributed by atoms with E-state index in [9.17, 15) is 4.79 Å². The Morgan fingerprint density at radius 1 is 0.837 bits per heavy atom. The molecule has 2 saturated heterocycles. The van der Waals surface area contributed by atoms with Crippen LogP contribution < -0.4 is 24.3 Å². The van der Waals surface area contributed by atoms with Crippen LogP contribution in [0.1, 0.15) is 47.5 Å². The molecule has 0 aliphatic carbocycles. The fourth-order valence-corrected chi connectivity index (χ4v) is 4.36. The van der Waals surface area contributed by atoms with Gasteiger partial charge in [-0.2, -0.15) is 0 Å². The van der Waals surface area contributed by atoms with Crippen molar-refractivity contribution in [3.63, 3.8) is 0 Å². The first-order valence-electron chi connectivity index (χ1n) is 14.5. The first-order valence-corrected chi connectivity index (χ1v) is 14.5. The number of hydrogen-bond acceptors (Lipinski definition) is 13. The summed E-state index contributed by atoms with van der Waals surface area (Å²) < 4.78 is 37.8. The number of amides is 1. The monoisotopic (exact) mass is 606 g/mol. The molecule has 1 amide bonds. The third kappa shape index (κ3) is 12.3. The van der Waals surface area contributed by atoms with Crippen LogP contribution in [0.3, 0.4) is 0 Å². The number of likely N-dealkylation sites (tertiary alicyclic amines) is 1. The normalized spacial score (nSPS) is 21.5. The van der Waals surface area contributed by atoms with Gasteiger partial charge in [0.05, 0.1) is 31.9 Å². The molecule has 43 heavy (non-hydrogen) atoms.